The number of aryl methyl sites for hydroxylation is 1. The van der Waals surface area contributed by atoms with Gasteiger partial charge in [-0.3, -0.25) is 9.59 Å². The van der Waals surface area contributed by atoms with Crippen LogP contribution in [0, 0.1) is 6.92 Å². The molecule has 1 heterocycles. The molecule has 1 fully saturated rings. The maximum Gasteiger partial charge on any atom is 0.255 e. The zero-order chi connectivity index (χ0) is 12.4. The van der Waals surface area contributed by atoms with Crippen LogP contribution in [0.25, 0.3) is 0 Å². The predicted octanol–water partition coefficient (Wildman–Crippen LogP) is 1.22. The fourth-order valence-electron chi connectivity index (χ4n) is 1.78. The van der Waals surface area contributed by atoms with Crippen molar-refractivity contribution in [2.45, 2.75) is 6.92 Å². The van der Waals surface area contributed by atoms with Gasteiger partial charge in [-0.1, -0.05) is 17.7 Å². The van der Waals surface area contributed by atoms with Crippen molar-refractivity contribution >= 4 is 23.4 Å². The van der Waals surface area contributed by atoms with Gasteiger partial charge in [-0.25, -0.2) is 0 Å². The molecule has 0 atom stereocenters. The van der Waals surface area contributed by atoms with Crippen LogP contribution in [0.15, 0.2) is 18.2 Å². The quantitative estimate of drug-likeness (QED) is 0.817. The SMILES string of the molecule is Cc1ccc(C(=O)N2CCNC(=O)C2)c(Cl)c1. The fourth-order valence-corrected chi connectivity index (χ4v) is 2.09. The molecule has 1 aliphatic rings. The van der Waals surface area contributed by atoms with E-state index in [1.165, 1.54) is 4.90 Å². The van der Waals surface area contributed by atoms with Crippen LogP contribution < -0.4 is 5.32 Å². The Kier molecular flexibility index (Phi) is 3.33. The van der Waals surface area contributed by atoms with E-state index in [4.69, 9.17) is 11.6 Å². The third kappa shape index (κ3) is 2.58. The lowest BCUT2D eigenvalue weighted by molar-refractivity contribution is -0.123. The summed E-state index contributed by atoms with van der Waals surface area (Å²) < 4.78 is 0. The van der Waals surface area contributed by atoms with E-state index < -0.39 is 0 Å². The normalized spacial score (nSPS) is 15.6. The monoisotopic (exact) mass is 252 g/mol. The molecule has 5 heteroatoms. The molecule has 0 radical (unpaired) electrons. The number of rotatable bonds is 1. The standard InChI is InChI=1S/C12H13ClN2O2/c1-8-2-3-9(10(13)6-8)12(17)15-5-4-14-11(16)7-15/h2-3,6H,4-5,7H2,1H3,(H,14,16). The van der Waals surface area contributed by atoms with Gasteiger partial charge in [0.1, 0.15) is 0 Å². The number of piperazine rings is 1. The topological polar surface area (TPSA) is 49.4 Å². The first-order chi connectivity index (χ1) is 8.08. The molecule has 1 aliphatic heterocycles. The predicted molar refractivity (Wildman–Crippen MR) is 65.1 cm³/mol. The van der Waals surface area contributed by atoms with Crippen LogP contribution in [-0.2, 0) is 4.79 Å². The van der Waals surface area contributed by atoms with Gasteiger partial charge in [0, 0.05) is 13.1 Å². The Hall–Kier alpha value is -1.55. The van der Waals surface area contributed by atoms with Gasteiger partial charge in [0.15, 0.2) is 0 Å². The molecule has 1 aromatic carbocycles. The molecule has 4 nitrogen and oxygen atoms in total. The molecular weight excluding hydrogens is 240 g/mol. The lowest BCUT2D eigenvalue weighted by Gasteiger charge is -2.27. The Morgan fingerprint density at radius 3 is 2.88 bits per heavy atom. The fraction of sp³-hybridized carbons (Fsp3) is 0.333. The highest BCUT2D eigenvalue weighted by molar-refractivity contribution is 6.33. The van der Waals surface area contributed by atoms with Crippen molar-refractivity contribution in [3.63, 3.8) is 0 Å². The molecule has 1 aromatic rings. The molecule has 0 unspecified atom stereocenters. The van der Waals surface area contributed by atoms with Crippen molar-refractivity contribution in [2.24, 2.45) is 0 Å². The zero-order valence-corrected chi connectivity index (χ0v) is 10.3. The lowest BCUT2D eigenvalue weighted by atomic mass is 10.1. The highest BCUT2D eigenvalue weighted by Crippen LogP contribution is 2.19. The summed E-state index contributed by atoms with van der Waals surface area (Å²) in [4.78, 5) is 24.9. The first-order valence-corrected chi connectivity index (χ1v) is 5.78. The molecule has 0 spiro atoms. The third-order valence-electron chi connectivity index (χ3n) is 2.68. The molecule has 2 rings (SSSR count). The Bertz CT molecular complexity index is 474. The van der Waals surface area contributed by atoms with E-state index >= 15 is 0 Å². The summed E-state index contributed by atoms with van der Waals surface area (Å²) in [5.41, 5.74) is 1.45. The van der Waals surface area contributed by atoms with Crippen LogP contribution in [0.5, 0.6) is 0 Å². The number of carbonyl (C=O) groups is 2. The molecule has 17 heavy (non-hydrogen) atoms. The molecule has 0 aromatic heterocycles. The number of hydrogen-bond acceptors (Lipinski definition) is 2. The minimum atomic E-state index is -0.190. The Morgan fingerprint density at radius 2 is 2.24 bits per heavy atom. The van der Waals surface area contributed by atoms with E-state index in [0.717, 1.165) is 5.56 Å². The van der Waals surface area contributed by atoms with Crippen molar-refractivity contribution in [3.05, 3.63) is 34.3 Å². The molecule has 1 saturated heterocycles. The van der Waals surface area contributed by atoms with Gasteiger partial charge in [-0.15, -0.1) is 0 Å². The molecule has 90 valence electrons. The van der Waals surface area contributed by atoms with Crippen LogP contribution in [0.2, 0.25) is 5.02 Å². The number of amides is 2. The van der Waals surface area contributed by atoms with Gasteiger partial charge in [0.25, 0.3) is 5.91 Å². The lowest BCUT2D eigenvalue weighted by Crippen LogP contribution is -2.50. The summed E-state index contributed by atoms with van der Waals surface area (Å²) in [6, 6.07) is 5.29. The van der Waals surface area contributed by atoms with Crippen molar-refractivity contribution < 1.29 is 9.59 Å². The van der Waals surface area contributed by atoms with E-state index in [1.807, 2.05) is 13.0 Å². The van der Waals surface area contributed by atoms with E-state index in [0.29, 0.717) is 23.7 Å². The van der Waals surface area contributed by atoms with Crippen LogP contribution in [-0.4, -0.2) is 36.3 Å². The number of carbonyl (C=O) groups excluding carboxylic acids is 2. The van der Waals surface area contributed by atoms with Crippen molar-refractivity contribution in [1.29, 1.82) is 0 Å². The molecular formula is C12H13ClN2O2. The molecule has 0 bridgehead atoms. The number of nitrogens with one attached hydrogen (secondary N) is 1. The van der Waals surface area contributed by atoms with Crippen LogP contribution in [0.3, 0.4) is 0 Å². The van der Waals surface area contributed by atoms with Gasteiger partial charge in [-0.05, 0) is 24.6 Å². The third-order valence-corrected chi connectivity index (χ3v) is 2.99. The van der Waals surface area contributed by atoms with Crippen LogP contribution in [0.1, 0.15) is 15.9 Å². The number of nitrogens with zero attached hydrogens (tertiary/aromatic N) is 1. The summed E-state index contributed by atoms with van der Waals surface area (Å²) in [6.45, 7) is 3.03. The summed E-state index contributed by atoms with van der Waals surface area (Å²) in [7, 11) is 0. The summed E-state index contributed by atoms with van der Waals surface area (Å²) in [5.74, 6) is -0.322. The summed E-state index contributed by atoms with van der Waals surface area (Å²) in [6.07, 6.45) is 0. The number of hydrogen-bond donors (Lipinski definition) is 1. The Morgan fingerprint density at radius 1 is 1.47 bits per heavy atom. The molecule has 2 amide bonds. The largest absolute Gasteiger partial charge is 0.353 e. The van der Waals surface area contributed by atoms with E-state index in [2.05, 4.69) is 5.32 Å². The molecule has 0 aliphatic carbocycles. The van der Waals surface area contributed by atoms with Gasteiger partial charge >= 0.3 is 0 Å². The van der Waals surface area contributed by atoms with Crippen molar-refractivity contribution in [2.75, 3.05) is 19.6 Å². The Balaban J connectivity index is 2.21. The second-order valence-corrected chi connectivity index (χ2v) is 4.47. The zero-order valence-electron chi connectivity index (χ0n) is 9.50. The Labute approximate surface area is 105 Å². The van der Waals surface area contributed by atoms with Gasteiger partial charge in [-0.2, -0.15) is 0 Å². The summed E-state index contributed by atoms with van der Waals surface area (Å²) >= 11 is 6.03. The highest BCUT2D eigenvalue weighted by atomic mass is 35.5. The van der Waals surface area contributed by atoms with E-state index in [9.17, 15) is 9.59 Å². The van der Waals surface area contributed by atoms with Crippen molar-refractivity contribution in [1.82, 2.24) is 10.2 Å². The van der Waals surface area contributed by atoms with Gasteiger partial charge in [0.05, 0.1) is 17.1 Å². The average molecular weight is 253 g/mol. The first-order valence-electron chi connectivity index (χ1n) is 5.40. The maximum absolute atomic E-state index is 12.1. The van der Waals surface area contributed by atoms with Crippen molar-refractivity contribution in [3.8, 4) is 0 Å². The van der Waals surface area contributed by atoms with Crippen LogP contribution in [0.4, 0.5) is 0 Å². The van der Waals surface area contributed by atoms with Crippen LogP contribution >= 0.6 is 11.6 Å². The highest BCUT2D eigenvalue weighted by Gasteiger charge is 2.23. The maximum atomic E-state index is 12.1. The second-order valence-electron chi connectivity index (χ2n) is 4.06. The van der Waals surface area contributed by atoms with E-state index in [-0.39, 0.29) is 18.4 Å². The average Bonchev–Trinajstić information content (AvgIpc) is 2.28. The minimum absolute atomic E-state index is 0.100. The smallest absolute Gasteiger partial charge is 0.255 e. The number of benzene rings is 1. The minimum Gasteiger partial charge on any atom is -0.353 e. The number of halogens is 1. The van der Waals surface area contributed by atoms with Gasteiger partial charge < -0.3 is 10.2 Å². The molecule has 0 saturated carbocycles. The summed E-state index contributed by atoms with van der Waals surface area (Å²) in [5, 5.41) is 3.11. The van der Waals surface area contributed by atoms with E-state index in [1.54, 1.807) is 12.1 Å². The molecule has 1 N–H and O–H groups in total. The van der Waals surface area contributed by atoms with Gasteiger partial charge in [0.2, 0.25) is 5.91 Å². The first kappa shape index (κ1) is 11.9. The second kappa shape index (κ2) is 4.75.